The molecule has 1 heterocycles. The van der Waals surface area contributed by atoms with Gasteiger partial charge in [-0.05, 0) is 56.2 Å². The third kappa shape index (κ3) is 4.42. The number of benzene rings is 1. The summed E-state index contributed by atoms with van der Waals surface area (Å²) in [6.45, 7) is 9.24. The molecule has 1 aromatic rings. The molecule has 1 aliphatic carbocycles. The van der Waals surface area contributed by atoms with Crippen LogP contribution in [0.4, 0.5) is 0 Å². The zero-order valence-corrected chi connectivity index (χ0v) is 19.0. The molecule has 0 radical (unpaired) electrons. The maximum absolute atomic E-state index is 13.3. The number of carbonyl (C=O) groups is 2. The Morgan fingerprint density at radius 2 is 2.03 bits per heavy atom. The molecule has 0 unspecified atom stereocenters. The van der Waals surface area contributed by atoms with E-state index < -0.39 is 5.54 Å². The molecule has 1 saturated carbocycles. The van der Waals surface area contributed by atoms with Crippen LogP contribution in [0, 0.1) is 11.8 Å². The van der Waals surface area contributed by atoms with Crippen LogP contribution in [0.5, 0.6) is 11.5 Å². The minimum absolute atomic E-state index is 0.0190. The summed E-state index contributed by atoms with van der Waals surface area (Å²) in [6.07, 6.45) is 4.31. The van der Waals surface area contributed by atoms with Crippen molar-refractivity contribution in [2.45, 2.75) is 77.9 Å². The third-order valence-electron chi connectivity index (χ3n) is 7.10. The van der Waals surface area contributed by atoms with E-state index in [2.05, 4.69) is 19.2 Å². The lowest BCUT2D eigenvalue weighted by Crippen LogP contribution is -2.57. The minimum atomic E-state index is -0.830. The summed E-state index contributed by atoms with van der Waals surface area (Å²) in [4.78, 5) is 27.8. The quantitative estimate of drug-likeness (QED) is 0.732. The SMILES string of the molecule is CCOc1ccc(CN2C(=O)CC[C@]2(C)C(=O)N[C@@H]2CCC[C@H](C)[C@@H]2C)cc1OC. The summed E-state index contributed by atoms with van der Waals surface area (Å²) in [5.74, 6) is 2.36. The lowest BCUT2D eigenvalue weighted by Gasteiger charge is -2.39. The first-order valence-corrected chi connectivity index (χ1v) is 11.2. The van der Waals surface area contributed by atoms with E-state index in [4.69, 9.17) is 9.47 Å². The van der Waals surface area contributed by atoms with E-state index in [1.807, 2.05) is 32.0 Å². The average molecular weight is 417 g/mol. The molecule has 166 valence electrons. The molecule has 6 heteroatoms. The Bertz CT molecular complexity index is 780. The summed E-state index contributed by atoms with van der Waals surface area (Å²) < 4.78 is 11.0. The highest BCUT2D eigenvalue weighted by molar-refractivity contribution is 5.94. The third-order valence-corrected chi connectivity index (χ3v) is 7.10. The van der Waals surface area contributed by atoms with Gasteiger partial charge in [-0.2, -0.15) is 0 Å². The van der Waals surface area contributed by atoms with Gasteiger partial charge < -0.3 is 19.7 Å². The first-order chi connectivity index (χ1) is 14.3. The molecule has 1 aromatic carbocycles. The Hall–Kier alpha value is -2.24. The Morgan fingerprint density at radius 3 is 2.73 bits per heavy atom. The molecule has 30 heavy (non-hydrogen) atoms. The van der Waals surface area contributed by atoms with Crippen LogP contribution in [-0.4, -0.2) is 42.0 Å². The first-order valence-electron chi connectivity index (χ1n) is 11.2. The minimum Gasteiger partial charge on any atom is -0.493 e. The van der Waals surface area contributed by atoms with Gasteiger partial charge in [-0.3, -0.25) is 9.59 Å². The Balaban J connectivity index is 1.76. The predicted octanol–water partition coefficient (Wildman–Crippen LogP) is 3.92. The molecular weight excluding hydrogens is 380 g/mol. The molecule has 2 fully saturated rings. The summed E-state index contributed by atoms with van der Waals surface area (Å²) in [6, 6.07) is 5.87. The molecule has 0 bridgehead atoms. The predicted molar refractivity (Wildman–Crippen MR) is 116 cm³/mol. The first kappa shape index (κ1) is 22.4. The van der Waals surface area contributed by atoms with Crippen LogP contribution in [0.25, 0.3) is 0 Å². The van der Waals surface area contributed by atoms with Gasteiger partial charge in [0, 0.05) is 19.0 Å². The van der Waals surface area contributed by atoms with E-state index in [-0.39, 0.29) is 17.9 Å². The van der Waals surface area contributed by atoms with Crippen molar-refractivity contribution in [1.82, 2.24) is 10.2 Å². The number of hydrogen-bond donors (Lipinski definition) is 1. The molecule has 3 rings (SSSR count). The Kier molecular flexibility index (Phi) is 6.94. The van der Waals surface area contributed by atoms with Crippen molar-refractivity contribution in [1.29, 1.82) is 0 Å². The van der Waals surface area contributed by atoms with Crippen molar-refractivity contribution in [3.8, 4) is 11.5 Å². The van der Waals surface area contributed by atoms with Gasteiger partial charge in [-0.1, -0.05) is 32.8 Å². The van der Waals surface area contributed by atoms with Gasteiger partial charge in [0.05, 0.1) is 13.7 Å². The van der Waals surface area contributed by atoms with Gasteiger partial charge in [0.1, 0.15) is 5.54 Å². The largest absolute Gasteiger partial charge is 0.493 e. The van der Waals surface area contributed by atoms with Gasteiger partial charge in [-0.25, -0.2) is 0 Å². The highest BCUT2D eigenvalue weighted by Crippen LogP contribution is 2.36. The lowest BCUT2D eigenvalue weighted by molar-refractivity contribution is -0.142. The molecule has 1 saturated heterocycles. The second-order valence-corrected chi connectivity index (χ2v) is 9.02. The number of carbonyl (C=O) groups excluding carboxylic acids is 2. The number of nitrogens with one attached hydrogen (secondary N) is 1. The van der Waals surface area contributed by atoms with E-state index in [1.54, 1.807) is 12.0 Å². The van der Waals surface area contributed by atoms with Gasteiger partial charge >= 0.3 is 0 Å². The van der Waals surface area contributed by atoms with E-state index in [1.165, 1.54) is 6.42 Å². The number of likely N-dealkylation sites (tertiary alicyclic amines) is 1. The van der Waals surface area contributed by atoms with Crippen molar-refractivity contribution in [3.63, 3.8) is 0 Å². The Labute approximate surface area is 180 Å². The van der Waals surface area contributed by atoms with E-state index in [9.17, 15) is 9.59 Å². The van der Waals surface area contributed by atoms with Crippen LogP contribution in [-0.2, 0) is 16.1 Å². The molecule has 4 atom stereocenters. The monoisotopic (exact) mass is 416 g/mol. The van der Waals surface area contributed by atoms with Crippen LogP contribution in [0.15, 0.2) is 18.2 Å². The van der Waals surface area contributed by atoms with Gasteiger partial charge in [0.15, 0.2) is 11.5 Å². The number of amides is 2. The van der Waals surface area contributed by atoms with Gasteiger partial charge in [0.2, 0.25) is 11.8 Å². The second-order valence-electron chi connectivity index (χ2n) is 9.02. The molecule has 2 aliphatic rings. The maximum Gasteiger partial charge on any atom is 0.245 e. The molecule has 6 nitrogen and oxygen atoms in total. The number of ether oxygens (including phenoxy) is 2. The highest BCUT2D eigenvalue weighted by atomic mass is 16.5. The van der Waals surface area contributed by atoms with Crippen LogP contribution in [0.2, 0.25) is 0 Å². The van der Waals surface area contributed by atoms with E-state index >= 15 is 0 Å². The lowest BCUT2D eigenvalue weighted by atomic mass is 9.77. The summed E-state index contributed by atoms with van der Waals surface area (Å²) in [5, 5.41) is 3.29. The molecule has 2 amide bonds. The van der Waals surface area contributed by atoms with Crippen molar-refractivity contribution in [2.24, 2.45) is 11.8 Å². The number of rotatable bonds is 7. The van der Waals surface area contributed by atoms with Crippen LogP contribution >= 0.6 is 0 Å². The fourth-order valence-corrected chi connectivity index (χ4v) is 4.77. The molecule has 1 N–H and O–H groups in total. The van der Waals surface area contributed by atoms with Crippen LogP contribution in [0.3, 0.4) is 0 Å². The topological polar surface area (TPSA) is 67.9 Å². The Morgan fingerprint density at radius 1 is 1.27 bits per heavy atom. The van der Waals surface area contributed by atoms with Crippen molar-refractivity contribution < 1.29 is 19.1 Å². The highest BCUT2D eigenvalue weighted by Gasteiger charge is 2.48. The van der Waals surface area contributed by atoms with Crippen molar-refractivity contribution in [2.75, 3.05) is 13.7 Å². The fraction of sp³-hybridized carbons (Fsp3) is 0.667. The zero-order valence-electron chi connectivity index (χ0n) is 19.0. The van der Waals surface area contributed by atoms with Gasteiger partial charge in [0.25, 0.3) is 0 Å². The molecule has 0 aromatic heterocycles. The summed E-state index contributed by atoms with van der Waals surface area (Å²) in [5.41, 5.74) is 0.0905. The zero-order chi connectivity index (χ0) is 21.9. The summed E-state index contributed by atoms with van der Waals surface area (Å²) in [7, 11) is 1.60. The maximum atomic E-state index is 13.3. The number of hydrogen-bond acceptors (Lipinski definition) is 4. The van der Waals surface area contributed by atoms with E-state index in [0.29, 0.717) is 49.3 Å². The standard InChI is InChI=1S/C24H36N2O4/c1-6-30-20-11-10-18(14-21(20)29-5)15-26-22(27)12-13-24(26,4)23(28)25-19-9-7-8-16(2)17(19)3/h10-11,14,16-17,19H,6-9,12-13,15H2,1-5H3,(H,25,28)/t16-,17-,19+,24+/m0/s1. The molecule has 0 spiro atoms. The van der Waals surface area contributed by atoms with Crippen molar-refractivity contribution in [3.05, 3.63) is 23.8 Å². The van der Waals surface area contributed by atoms with Crippen molar-refractivity contribution >= 4 is 11.8 Å². The molecule has 1 aliphatic heterocycles. The van der Waals surface area contributed by atoms with Gasteiger partial charge in [-0.15, -0.1) is 0 Å². The normalized spacial score (nSPS) is 29.0. The number of methoxy groups -OCH3 is 1. The number of nitrogens with zero attached hydrogens (tertiary/aromatic N) is 1. The molecular formula is C24H36N2O4. The van der Waals surface area contributed by atoms with E-state index in [0.717, 1.165) is 18.4 Å². The van der Waals surface area contributed by atoms with Crippen LogP contribution < -0.4 is 14.8 Å². The second kappa shape index (κ2) is 9.27. The average Bonchev–Trinajstić information content (AvgIpc) is 3.02. The summed E-state index contributed by atoms with van der Waals surface area (Å²) >= 11 is 0. The fourth-order valence-electron chi connectivity index (χ4n) is 4.77. The van der Waals surface area contributed by atoms with Crippen LogP contribution in [0.1, 0.15) is 65.4 Å². The smallest absolute Gasteiger partial charge is 0.245 e.